The lowest BCUT2D eigenvalue weighted by molar-refractivity contribution is 0.0547. The van der Waals surface area contributed by atoms with E-state index in [2.05, 4.69) is 35.4 Å². The van der Waals surface area contributed by atoms with Crippen LogP contribution >= 0.6 is 0 Å². The number of nitrogens with one attached hydrogen (secondary N) is 1. The molecule has 1 unspecified atom stereocenters. The molecule has 1 aromatic carbocycles. The van der Waals surface area contributed by atoms with Crippen molar-refractivity contribution in [1.82, 2.24) is 15.3 Å². The van der Waals surface area contributed by atoms with E-state index in [1.54, 1.807) is 0 Å². The maximum Gasteiger partial charge on any atom is 0.122 e. The number of ether oxygens (including phenoxy) is 1. The summed E-state index contributed by atoms with van der Waals surface area (Å²) in [6.07, 6.45) is -0.509. The molecule has 0 amide bonds. The molecule has 1 heterocycles. The molecule has 1 aliphatic rings. The molecular formula is C16H27N3O2. The molecule has 21 heavy (non-hydrogen) atoms. The fourth-order valence-electron chi connectivity index (χ4n) is 2.41. The quantitative estimate of drug-likeness (QED) is 0.812. The number of piperazine rings is 1. The summed E-state index contributed by atoms with van der Waals surface area (Å²) in [6.45, 7) is 9.01. The SMILES string of the molecule is Cc1ccc(OCC(O)CNN2CCN(C)CC2)c(C)c1. The van der Waals surface area contributed by atoms with Gasteiger partial charge < -0.3 is 14.7 Å². The summed E-state index contributed by atoms with van der Waals surface area (Å²) < 4.78 is 5.69. The molecular weight excluding hydrogens is 266 g/mol. The van der Waals surface area contributed by atoms with Crippen molar-refractivity contribution in [3.63, 3.8) is 0 Å². The first kappa shape index (κ1) is 16.2. The van der Waals surface area contributed by atoms with Crippen LogP contribution in [-0.4, -0.2) is 67.5 Å². The molecule has 0 bridgehead atoms. The summed E-state index contributed by atoms with van der Waals surface area (Å²) in [4.78, 5) is 2.30. The molecule has 1 aliphatic heterocycles. The minimum atomic E-state index is -0.509. The van der Waals surface area contributed by atoms with E-state index >= 15 is 0 Å². The summed E-state index contributed by atoms with van der Waals surface area (Å²) in [7, 11) is 2.13. The molecule has 0 radical (unpaired) electrons. The number of benzene rings is 1. The van der Waals surface area contributed by atoms with Crippen molar-refractivity contribution < 1.29 is 9.84 Å². The Bertz CT molecular complexity index is 445. The van der Waals surface area contributed by atoms with E-state index in [0.717, 1.165) is 37.5 Å². The Balaban J connectivity index is 1.68. The minimum absolute atomic E-state index is 0.310. The van der Waals surface area contributed by atoms with Crippen LogP contribution in [0.5, 0.6) is 5.75 Å². The van der Waals surface area contributed by atoms with Crippen molar-refractivity contribution in [2.45, 2.75) is 20.0 Å². The Morgan fingerprint density at radius 2 is 1.95 bits per heavy atom. The van der Waals surface area contributed by atoms with Crippen LogP contribution in [0.2, 0.25) is 0 Å². The Morgan fingerprint density at radius 1 is 1.24 bits per heavy atom. The van der Waals surface area contributed by atoms with Crippen LogP contribution in [0.1, 0.15) is 11.1 Å². The summed E-state index contributed by atoms with van der Waals surface area (Å²) in [5.41, 5.74) is 5.60. The minimum Gasteiger partial charge on any atom is -0.491 e. The third-order valence-electron chi connectivity index (χ3n) is 3.82. The number of hydrazine groups is 1. The molecule has 5 heteroatoms. The zero-order valence-electron chi connectivity index (χ0n) is 13.3. The van der Waals surface area contributed by atoms with Crippen LogP contribution < -0.4 is 10.2 Å². The first-order valence-electron chi connectivity index (χ1n) is 7.59. The highest BCUT2D eigenvalue weighted by atomic mass is 16.5. The first-order valence-corrected chi connectivity index (χ1v) is 7.59. The van der Waals surface area contributed by atoms with Gasteiger partial charge in [0.25, 0.3) is 0 Å². The molecule has 2 N–H and O–H groups in total. The lowest BCUT2D eigenvalue weighted by Crippen LogP contribution is -2.52. The monoisotopic (exact) mass is 293 g/mol. The van der Waals surface area contributed by atoms with E-state index < -0.39 is 6.10 Å². The van der Waals surface area contributed by atoms with Gasteiger partial charge >= 0.3 is 0 Å². The fourth-order valence-corrected chi connectivity index (χ4v) is 2.41. The molecule has 118 valence electrons. The summed E-state index contributed by atoms with van der Waals surface area (Å²) in [5, 5.41) is 12.2. The second-order valence-electron chi connectivity index (χ2n) is 5.89. The van der Waals surface area contributed by atoms with E-state index in [9.17, 15) is 5.11 Å². The Kier molecular flexibility index (Phi) is 5.99. The molecule has 1 aromatic rings. The van der Waals surface area contributed by atoms with E-state index in [1.165, 1.54) is 5.56 Å². The van der Waals surface area contributed by atoms with Crippen molar-refractivity contribution in [2.75, 3.05) is 46.4 Å². The van der Waals surface area contributed by atoms with E-state index in [1.807, 2.05) is 19.1 Å². The topological polar surface area (TPSA) is 48.0 Å². The van der Waals surface area contributed by atoms with Crippen LogP contribution in [0.4, 0.5) is 0 Å². The van der Waals surface area contributed by atoms with Gasteiger partial charge in [-0.3, -0.25) is 5.43 Å². The van der Waals surface area contributed by atoms with Gasteiger partial charge in [-0.05, 0) is 32.5 Å². The van der Waals surface area contributed by atoms with Crippen LogP contribution in [0.15, 0.2) is 18.2 Å². The molecule has 1 atom stereocenters. The predicted molar refractivity (Wildman–Crippen MR) is 84.5 cm³/mol. The number of aliphatic hydroxyl groups excluding tert-OH is 1. The molecule has 0 aromatic heterocycles. The third kappa shape index (κ3) is 5.28. The molecule has 2 rings (SSSR count). The zero-order chi connectivity index (χ0) is 15.2. The maximum atomic E-state index is 10.0. The number of aliphatic hydroxyl groups is 1. The van der Waals surface area contributed by atoms with E-state index in [4.69, 9.17) is 4.74 Å². The van der Waals surface area contributed by atoms with Gasteiger partial charge in [0.15, 0.2) is 0 Å². The molecule has 1 fully saturated rings. The number of aryl methyl sites for hydroxylation is 2. The second-order valence-corrected chi connectivity index (χ2v) is 5.89. The van der Waals surface area contributed by atoms with Crippen LogP contribution in [0, 0.1) is 13.8 Å². The highest BCUT2D eigenvalue weighted by Crippen LogP contribution is 2.18. The number of hydrogen-bond acceptors (Lipinski definition) is 5. The van der Waals surface area contributed by atoms with E-state index in [-0.39, 0.29) is 0 Å². The summed E-state index contributed by atoms with van der Waals surface area (Å²) >= 11 is 0. The van der Waals surface area contributed by atoms with Crippen molar-refractivity contribution in [3.05, 3.63) is 29.3 Å². The van der Waals surface area contributed by atoms with Gasteiger partial charge in [-0.1, -0.05) is 17.7 Å². The number of rotatable bonds is 6. The lowest BCUT2D eigenvalue weighted by Gasteiger charge is -2.33. The Morgan fingerprint density at radius 3 is 2.62 bits per heavy atom. The molecule has 0 spiro atoms. The average molecular weight is 293 g/mol. The van der Waals surface area contributed by atoms with Crippen LogP contribution in [0.25, 0.3) is 0 Å². The van der Waals surface area contributed by atoms with Gasteiger partial charge in [-0.15, -0.1) is 0 Å². The Labute approximate surface area is 127 Å². The van der Waals surface area contributed by atoms with Crippen molar-refractivity contribution in [2.24, 2.45) is 0 Å². The van der Waals surface area contributed by atoms with Crippen molar-refractivity contribution in [3.8, 4) is 5.75 Å². The smallest absolute Gasteiger partial charge is 0.122 e. The van der Waals surface area contributed by atoms with Gasteiger partial charge in [0.2, 0.25) is 0 Å². The predicted octanol–water partition coefficient (Wildman–Crippen LogP) is 0.795. The summed E-state index contributed by atoms with van der Waals surface area (Å²) in [5.74, 6) is 0.847. The van der Waals surface area contributed by atoms with Gasteiger partial charge in [0, 0.05) is 32.7 Å². The first-order chi connectivity index (χ1) is 10.0. The largest absolute Gasteiger partial charge is 0.491 e. The molecule has 1 saturated heterocycles. The highest BCUT2D eigenvalue weighted by Gasteiger charge is 2.14. The zero-order valence-corrected chi connectivity index (χ0v) is 13.3. The summed E-state index contributed by atoms with van der Waals surface area (Å²) in [6, 6.07) is 6.08. The highest BCUT2D eigenvalue weighted by molar-refractivity contribution is 5.35. The van der Waals surface area contributed by atoms with Gasteiger partial charge in [0.05, 0.1) is 0 Å². The normalized spacial score (nSPS) is 18.7. The van der Waals surface area contributed by atoms with Gasteiger partial charge in [-0.25, -0.2) is 5.01 Å². The fraction of sp³-hybridized carbons (Fsp3) is 0.625. The van der Waals surface area contributed by atoms with Gasteiger partial charge in [-0.2, -0.15) is 0 Å². The Hall–Kier alpha value is -1.14. The lowest BCUT2D eigenvalue weighted by atomic mass is 10.1. The standard InChI is InChI=1S/C16H27N3O2/c1-13-4-5-16(14(2)10-13)21-12-15(20)11-17-19-8-6-18(3)7-9-19/h4-5,10,15,17,20H,6-9,11-12H2,1-3H3. The molecule has 0 saturated carbocycles. The molecule has 5 nitrogen and oxygen atoms in total. The van der Waals surface area contributed by atoms with Crippen molar-refractivity contribution >= 4 is 0 Å². The molecule has 0 aliphatic carbocycles. The average Bonchev–Trinajstić information content (AvgIpc) is 2.46. The third-order valence-corrected chi connectivity index (χ3v) is 3.82. The second kappa shape index (κ2) is 7.75. The van der Waals surface area contributed by atoms with E-state index in [0.29, 0.717) is 13.2 Å². The maximum absolute atomic E-state index is 10.0. The number of likely N-dealkylation sites (N-methyl/N-ethyl adjacent to an activating group) is 1. The van der Waals surface area contributed by atoms with Gasteiger partial charge in [0.1, 0.15) is 18.5 Å². The number of nitrogens with zero attached hydrogens (tertiary/aromatic N) is 2. The number of hydrogen-bond donors (Lipinski definition) is 2. The van der Waals surface area contributed by atoms with Crippen molar-refractivity contribution in [1.29, 1.82) is 0 Å². The van der Waals surface area contributed by atoms with Crippen LogP contribution in [0.3, 0.4) is 0 Å². The van der Waals surface area contributed by atoms with Crippen LogP contribution in [-0.2, 0) is 0 Å².